The van der Waals surface area contributed by atoms with E-state index in [4.69, 9.17) is 0 Å². The van der Waals surface area contributed by atoms with Gasteiger partial charge in [0.15, 0.2) is 0 Å². The Morgan fingerprint density at radius 1 is 0.682 bits per heavy atom. The summed E-state index contributed by atoms with van der Waals surface area (Å²) in [5, 5.41) is 0. The highest BCUT2D eigenvalue weighted by molar-refractivity contribution is 7.85. The van der Waals surface area contributed by atoms with Crippen molar-refractivity contribution in [2.45, 2.75) is 103 Å². The molecule has 0 aliphatic rings. The fraction of sp³-hybridized carbons (Fsp3) is 0.947. The lowest BCUT2D eigenvalue weighted by atomic mass is 10.0. The van der Waals surface area contributed by atoms with Crippen LogP contribution in [0.2, 0.25) is 0 Å². The molecule has 0 aliphatic carbocycles. The van der Waals surface area contributed by atoms with Gasteiger partial charge in [-0.05, 0) is 6.42 Å². The molecule has 0 saturated carbocycles. The average molecular weight is 331 g/mol. The minimum atomic E-state index is -0.963. The minimum absolute atomic E-state index is 0.166. The first kappa shape index (κ1) is 21.8. The van der Waals surface area contributed by atoms with Crippen LogP contribution in [-0.2, 0) is 15.6 Å². The molecule has 0 unspecified atom stereocenters. The van der Waals surface area contributed by atoms with E-state index < -0.39 is 10.8 Å². The molecule has 0 radical (unpaired) electrons. The normalized spacial score (nSPS) is 12.5. The molecule has 0 aliphatic heterocycles. The number of hydrogen-bond acceptors (Lipinski definition) is 2. The molecular formula is C19H38O2S. The number of carbonyl (C=O) groups is 1. The molecule has 0 saturated heterocycles. The Hall–Kier alpha value is -0.180. The fourth-order valence-electron chi connectivity index (χ4n) is 2.82. The van der Waals surface area contributed by atoms with Crippen molar-refractivity contribution in [3.63, 3.8) is 0 Å². The van der Waals surface area contributed by atoms with E-state index >= 15 is 0 Å². The van der Waals surface area contributed by atoms with Crippen molar-refractivity contribution in [3.05, 3.63) is 0 Å². The summed E-state index contributed by atoms with van der Waals surface area (Å²) >= 11 is 0. The number of Topliss-reactive ketones (excluding diaryl/α,β-unsaturated/α-hetero) is 1. The van der Waals surface area contributed by atoms with E-state index in [1.54, 1.807) is 6.26 Å². The molecule has 0 N–H and O–H groups in total. The lowest BCUT2D eigenvalue weighted by Gasteiger charge is -2.03. The average Bonchev–Trinajstić information content (AvgIpc) is 2.47. The second-order valence-electron chi connectivity index (χ2n) is 6.60. The van der Waals surface area contributed by atoms with E-state index in [1.807, 2.05) is 0 Å². The zero-order chi connectivity index (χ0) is 16.5. The highest BCUT2D eigenvalue weighted by atomic mass is 32.2. The van der Waals surface area contributed by atoms with Crippen LogP contribution in [0, 0.1) is 0 Å². The lowest BCUT2D eigenvalue weighted by Crippen LogP contribution is -2.08. The molecule has 3 heteroatoms. The minimum Gasteiger partial charge on any atom is -0.299 e. The standard InChI is InChI=1S/C19H38O2S/c1-3-4-5-6-7-8-9-10-11-12-13-14-15-16-17-19(20)18-22(2)21/h3-18H2,1-2H3/t22-/m1/s1. The van der Waals surface area contributed by atoms with Crippen LogP contribution in [0.3, 0.4) is 0 Å². The van der Waals surface area contributed by atoms with Gasteiger partial charge in [0, 0.05) is 23.5 Å². The van der Waals surface area contributed by atoms with E-state index in [0.717, 1.165) is 12.8 Å². The highest BCUT2D eigenvalue weighted by Gasteiger charge is 2.03. The number of hydrogen-bond donors (Lipinski definition) is 0. The fourth-order valence-corrected chi connectivity index (χ4v) is 3.41. The molecule has 0 aromatic heterocycles. The van der Waals surface area contributed by atoms with Gasteiger partial charge in [0.2, 0.25) is 0 Å². The van der Waals surface area contributed by atoms with Gasteiger partial charge in [-0.25, -0.2) is 0 Å². The van der Waals surface area contributed by atoms with Gasteiger partial charge in [-0.2, -0.15) is 0 Å². The molecule has 2 nitrogen and oxygen atoms in total. The van der Waals surface area contributed by atoms with Gasteiger partial charge in [-0.15, -0.1) is 0 Å². The van der Waals surface area contributed by atoms with Gasteiger partial charge >= 0.3 is 0 Å². The van der Waals surface area contributed by atoms with Crippen LogP contribution in [-0.4, -0.2) is 22.0 Å². The van der Waals surface area contributed by atoms with E-state index in [-0.39, 0.29) is 11.5 Å². The second kappa shape index (κ2) is 17.2. The first-order valence-electron chi connectivity index (χ1n) is 9.48. The van der Waals surface area contributed by atoms with Crippen molar-refractivity contribution >= 4 is 16.6 Å². The Morgan fingerprint density at radius 3 is 1.41 bits per heavy atom. The molecule has 0 aromatic rings. The Balaban J connectivity index is 3.08. The van der Waals surface area contributed by atoms with Gasteiger partial charge in [0.1, 0.15) is 5.78 Å². The van der Waals surface area contributed by atoms with Gasteiger partial charge < -0.3 is 0 Å². The highest BCUT2D eigenvalue weighted by Crippen LogP contribution is 2.13. The third kappa shape index (κ3) is 17.9. The maximum atomic E-state index is 11.4. The van der Waals surface area contributed by atoms with Crippen LogP contribution < -0.4 is 0 Å². The zero-order valence-corrected chi connectivity index (χ0v) is 15.9. The van der Waals surface area contributed by atoms with E-state index in [2.05, 4.69) is 6.92 Å². The van der Waals surface area contributed by atoms with Crippen LogP contribution in [0.25, 0.3) is 0 Å². The first-order chi connectivity index (χ1) is 10.7. The van der Waals surface area contributed by atoms with Crippen molar-refractivity contribution in [1.29, 1.82) is 0 Å². The Morgan fingerprint density at radius 2 is 1.05 bits per heavy atom. The van der Waals surface area contributed by atoms with Crippen molar-refractivity contribution in [2.24, 2.45) is 0 Å². The summed E-state index contributed by atoms with van der Waals surface area (Å²) < 4.78 is 10.9. The molecule has 0 aromatic carbocycles. The molecular weight excluding hydrogens is 292 g/mol. The molecule has 22 heavy (non-hydrogen) atoms. The molecule has 0 spiro atoms. The van der Waals surface area contributed by atoms with Gasteiger partial charge in [0.25, 0.3) is 0 Å². The monoisotopic (exact) mass is 330 g/mol. The Labute approximate surface area is 141 Å². The molecule has 1 atom stereocenters. The van der Waals surface area contributed by atoms with Crippen LogP contribution >= 0.6 is 0 Å². The molecule has 132 valence electrons. The molecule has 0 rings (SSSR count). The summed E-state index contributed by atoms with van der Waals surface area (Å²) in [6.07, 6.45) is 20.9. The van der Waals surface area contributed by atoms with Gasteiger partial charge in [-0.3, -0.25) is 9.00 Å². The van der Waals surface area contributed by atoms with Gasteiger partial charge in [0.05, 0.1) is 5.75 Å². The van der Waals surface area contributed by atoms with Crippen molar-refractivity contribution in [3.8, 4) is 0 Å². The maximum Gasteiger partial charge on any atom is 0.145 e. The van der Waals surface area contributed by atoms with Crippen LogP contribution in [0.4, 0.5) is 0 Å². The summed E-state index contributed by atoms with van der Waals surface area (Å²) in [6, 6.07) is 0. The Bertz CT molecular complexity index is 277. The predicted octanol–water partition coefficient (Wildman–Crippen LogP) is 5.81. The topological polar surface area (TPSA) is 34.1 Å². The smallest absolute Gasteiger partial charge is 0.145 e. The molecule has 0 bridgehead atoms. The summed E-state index contributed by atoms with van der Waals surface area (Å²) in [7, 11) is -0.963. The first-order valence-corrected chi connectivity index (χ1v) is 11.2. The lowest BCUT2D eigenvalue weighted by molar-refractivity contribution is -0.116. The summed E-state index contributed by atoms with van der Waals surface area (Å²) in [5.74, 6) is 0.415. The largest absolute Gasteiger partial charge is 0.299 e. The number of ketones is 1. The second-order valence-corrected chi connectivity index (χ2v) is 8.04. The third-order valence-corrected chi connectivity index (χ3v) is 4.90. The van der Waals surface area contributed by atoms with Crippen molar-refractivity contribution < 1.29 is 9.00 Å². The summed E-state index contributed by atoms with van der Waals surface area (Å²) in [4.78, 5) is 11.4. The van der Waals surface area contributed by atoms with Gasteiger partial charge in [-0.1, -0.05) is 90.4 Å². The van der Waals surface area contributed by atoms with Crippen molar-refractivity contribution in [2.75, 3.05) is 12.0 Å². The van der Waals surface area contributed by atoms with Crippen molar-refractivity contribution in [1.82, 2.24) is 0 Å². The molecule has 0 amide bonds. The third-order valence-electron chi connectivity index (χ3n) is 4.17. The summed E-state index contributed by atoms with van der Waals surface area (Å²) in [5.41, 5.74) is 0. The number of unbranched alkanes of at least 4 members (excludes halogenated alkanes) is 13. The maximum absolute atomic E-state index is 11.4. The Kier molecular flexibility index (Phi) is 17.0. The molecule has 0 heterocycles. The van der Waals surface area contributed by atoms with E-state index in [9.17, 15) is 9.00 Å². The van der Waals surface area contributed by atoms with Crippen LogP contribution in [0.15, 0.2) is 0 Å². The zero-order valence-electron chi connectivity index (χ0n) is 15.0. The quantitative estimate of drug-likeness (QED) is 0.316. The number of carbonyl (C=O) groups excluding carboxylic acids is 1. The molecule has 0 fully saturated rings. The number of rotatable bonds is 17. The van der Waals surface area contributed by atoms with E-state index in [0.29, 0.717) is 6.42 Å². The van der Waals surface area contributed by atoms with Crippen LogP contribution in [0.5, 0.6) is 0 Å². The summed E-state index contributed by atoms with van der Waals surface area (Å²) in [6.45, 7) is 2.27. The predicted molar refractivity (Wildman–Crippen MR) is 98.9 cm³/mol. The van der Waals surface area contributed by atoms with E-state index in [1.165, 1.54) is 77.0 Å². The SMILES string of the molecule is CCCCCCCCCCCCCCCCC(=O)C[S@@](C)=O. The van der Waals surface area contributed by atoms with Crippen LogP contribution in [0.1, 0.15) is 103 Å².